The highest BCUT2D eigenvalue weighted by Gasteiger charge is 2.47. The van der Waals surface area contributed by atoms with Crippen LogP contribution in [0, 0.1) is 11.3 Å². The number of piperidine rings is 1. The molecular formula is C20H18FN5O. The van der Waals surface area contributed by atoms with Crippen molar-refractivity contribution in [3.05, 3.63) is 65.2 Å². The Bertz CT molecular complexity index is 965. The monoisotopic (exact) mass is 363 g/mol. The Balaban J connectivity index is 1.54. The second-order valence-corrected chi connectivity index (χ2v) is 6.75. The number of nitriles is 1. The second kappa shape index (κ2) is 6.40. The standard InChI is InChI=1S/C20H18FN5O/c21-17-12-26(19(27)14-7-5-13(11-22)6-8-14)10-9-20(17)24-16-4-2-1-3-15(16)18(23)25-20/h1-8,17,24H,9-10,12H2,(H2,23,25)/t17-,20+/m0/s1. The third-order valence-corrected chi connectivity index (χ3v) is 5.08. The van der Waals surface area contributed by atoms with Crippen LogP contribution in [-0.4, -0.2) is 41.6 Å². The molecule has 1 spiro atoms. The van der Waals surface area contributed by atoms with Gasteiger partial charge in [0, 0.05) is 29.8 Å². The molecule has 2 aliphatic heterocycles. The number of rotatable bonds is 1. The maximum Gasteiger partial charge on any atom is 0.253 e. The number of anilines is 1. The number of nitrogens with one attached hydrogen (secondary N) is 1. The quantitative estimate of drug-likeness (QED) is 0.813. The number of carbonyl (C=O) groups excluding carboxylic acids is 1. The number of aliphatic imine (C=N–C) groups is 1. The van der Waals surface area contributed by atoms with Crippen molar-refractivity contribution in [2.75, 3.05) is 18.4 Å². The molecule has 0 saturated carbocycles. The van der Waals surface area contributed by atoms with E-state index in [1.165, 1.54) is 4.90 Å². The summed E-state index contributed by atoms with van der Waals surface area (Å²) in [6.07, 6.45) is -1.09. The highest BCUT2D eigenvalue weighted by molar-refractivity contribution is 6.04. The fraction of sp³-hybridized carbons (Fsp3) is 0.250. The summed E-state index contributed by atoms with van der Waals surface area (Å²) in [5, 5.41) is 12.0. The molecule has 4 rings (SSSR count). The normalized spacial score (nSPS) is 23.8. The minimum atomic E-state index is -1.40. The van der Waals surface area contributed by atoms with E-state index in [-0.39, 0.29) is 12.5 Å². The summed E-state index contributed by atoms with van der Waals surface area (Å²) < 4.78 is 15.2. The van der Waals surface area contributed by atoms with E-state index >= 15 is 4.39 Å². The molecule has 136 valence electrons. The predicted octanol–water partition coefficient (Wildman–Crippen LogP) is 2.27. The number of hydrogen-bond acceptors (Lipinski definition) is 5. The Hall–Kier alpha value is -3.40. The van der Waals surface area contributed by atoms with Gasteiger partial charge in [-0.3, -0.25) is 4.79 Å². The lowest BCUT2D eigenvalue weighted by Crippen LogP contribution is -2.59. The van der Waals surface area contributed by atoms with Gasteiger partial charge in [-0.15, -0.1) is 0 Å². The van der Waals surface area contributed by atoms with Crippen LogP contribution in [0.25, 0.3) is 0 Å². The highest BCUT2D eigenvalue weighted by Crippen LogP contribution is 2.36. The molecule has 0 aliphatic carbocycles. The number of nitrogens with zero attached hydrogens (tertiary/aromatic N) is 3. The van der Waals surface area contributed by atoms with Gasteiger partial charge in [-0.2, -0.15) is 5.26 Å². The highest BCUT2D eigenvalue weighted by atomic mass is 19.1. The predicted molar refractivity (Wildman–Crippen MR) is 100 cm³/mol. The smallest absolute Gasteiger partial charge is 0.253 e. The molecule has 1 amide bonds. The average molecular weight is 363 g/mol. The van der Waals surface area contributed by atoms with Gasteiger partial charge in [-0.1, -0.05) is 12.1 Å². The average Bonchev–Trinajstić information content (AvgIpc) is 2.70. The fourth-order valence-corrected chi connectivity index (χ4v) is 3.57. The number of para-hydroxylation sites is 1. The first-order valence-corrected chi connectivity index (χ1v) is 8.69. The van der Waals surface area contributed by atoms with Crippen molar-refractivity contribution in [1.29, 1.82) is 5.26 Å². The summed E-state index contributed by atoms with van der Waals surface area (Å²) in [5.74, 6) is 0.0454. The Labute approximate surface area is 156 Å². The molecule has 1 saturated heterocycles. The zero-order valence-corrected chi connectivity index (χ0v) is 14.5. The van der Waals surface area contributed by atoms with Gasteiger partial charge >= 0.3 is 0 Å². The molecule has 2 atom stereocenters. The number of carbonyl (C=O) groups is 1. The van der Waals surface area contributed by atoms with Gasteiger partial charge < -0.3 is 16.0 Å². The topological polar surface area (TPSA) is 94.5 Å². The molecule has 0 radical (unpaired) electrons. The van der Waals surface area contributed by atoms with Gasteiger partial charge in [0.05, 0.1) is 18.2 Å². The Morgan fingerprint density at radius 2 is 2.04 bits per heavy atom. The van der Waals surface area contributed by atoms with E-state index in [4.69, 9.17) is 11.0 Å². The first-order chi connectivity index (χ1) is 13.0. The lowest BCUT2D eigenvalue weighted by Gasteiger charge is -2.44. The molecular weight excluding hydrogens is 345 g/mol. The van der Waals surface area contributed by atoms with E-state index in [9.17, 15) is 4.79 Å². The summed E-state index contributed by atoms with van der Waals surface area (Å²) in [4.78, 5) is 18.6. The van der Waals surface area contributed by atoms with Gasteiger partial charge in [0.1, 0.15) is 5.84 Å². The van der Waals surface area contributed by atoms with Crippen LogP contribution in [0.15, 0.2) is 53.5 Å². The summed E-state index contributed by atoms with van der Waals surface area (Å²) >= 11 is 0. The first kappa shape index (κ1) is 17.0. The van der Waals surface area contributed by atoms with Crippen molar-refractivity contribution in [2.45, 2.75) is 18.3 Å². The van der Waals surface area contributed by atoms with Crippen LogP contribution in [0.4, 0.5) is 10.1 Å². The van der Waals surface area contributed by atoms with E-state index in [0.29, 0.717) is 29.9 Å². The number of amides is 1. The van der Waals surface area contributed by atoms with Crippen LogP contribution < -0.4 is 11.1 Å². The molecule has 7 heteroatoms. The van der Waals surface area contributed by atoms with Crippen molar-refractivity contribution in [1.82, 2.24) is 4.90 Å². The SMILES string of the molecule is N#Cc1ccc(C(=O)N2CC[C@@]3(N=C(N)c4ccccc4N3)[C@@H](F)C2)cc1. The number of likely N-dealkylation sites (tertiary alicyclic amines) is 1. The van der Waals surface area contributed by atoms with Crippen LogP contribution in [0.5, 0.6) is 0 Å². The third-order valence-electron chi connectivity index (χ3n) is 5.08. The lowest BCUT2D eigenvalue weighted by atomic mass is 9.91. The molecule has 0 aromatic heterocycles. The number of amidine groups is 1. The Morgan fingerprint density at radius 1 is 1.30 bits per heavy atom. The molecule has 2 heterocycles. The molecule has 6 nitrogen and oxygen atoms in total. The molecule has 2 aromatic rings. The minimum Gasteiger partial charge on any atom is -0.383 e. The number of halogens is 1. The molecule has 27 heavy (non-hydrogen) atoms. The fourth-order valence-electron chi connectivity index (χ4n) is 3.57. The summed E-state index contributed by atoms with van der Waals surface area (Å²) in [5.41, 5.74) is 7.32. The van der Waals surface area contributed by atoms with Gasteiger partial charge in [0.2, 0.25) is 0 Å². The Morgan fingerprint density at radius 3 is 2.74 bits per heavy atom. The van der Waals surface area contributed by atoms with Gasteiger partial charge in [0.25, 0.3) is 5.91 Å². The first-order valence-electron chi connectivity index (χ1n) is 8.69. The van der Waals surface area contributed by atoms with E-state index in [1.54, 1.807) is 24.3 Å². The van der Waals surface area contributed by atoms with Crippen molar-refractivity contribution >= 4 is 17.4 Å². The van der Waals surface area contributed by atoms with Crippen molar-refractivity contribution in [3.8, 4) is 6.07 Å². The summed E-state index contributed by atoms with van der Waals surface area (Å²) in [6.45, 7) is 0.274. The molecule has 2 aromatic carbocycles. The van der Waals surface area contributed by atoms with Crippen LogP contribution in [0.2, 0.25) is 0 Å². The zero-order chi connectivity index (χ0) is 19.0. The number of alkyl halides is 1. The van der Waals surface area contributed by atoms with E-state index in [1.807, 2.05) is 30.3 Å². The van der Waals surface area contributed by atoms with Crippen molar-refractivity contribution in [2.24, 2.45) is 10.7 Å². The molecule has 0 unspecified atom stereocenters. The van der Waals surface area contributed by atoms with Crippen LogP contribution in [-0.2, 0) is 0 Å². The summed E-state index contributed by atoms with van der Waals surface area (Å²) in [7, 11) is 0. The number of nitrogens with two attached hydrogens (primary N) is 1. The Kier molecular flexibility index (Phi) is 4.04. The van der Waals surface area contributed by atoms with Gasteiger partial charge in [-0.05, 0) is 36.4 Å². The largest absolute Gasteiger partial charge is 0.383 e. The zero-order valence-electron chi connectivity index (χ0n) is 14.5. The lowest BCUT2D eigenvalue weighted by molar-refractivity contribution is 0.0494. The van der Waals surface area contributed by atoms with Crippen molar-refractivity contribution < 1.29 is 9.18 Å². The van der Waals surface area contributed by atoms with E-state index in [0.717, 1.165) is 11.3 Å². The molecule has 0 bridgehead atoms. The van der Waals surface area contributed by atoms with E-state index < -0.39 is 11.8 Å². The summed E-state index contributed by atoms with van der Waals surface area (Å²) in [6, 6.07) is 15.7. The number of hydrogen-bond donors (Lipinski definition) is 2. The van der Waals surface area contributed by atoms with Crippen LogP contribution >= 0.6 is 0 Å². The minimum absolute atomic E-state index is 0.0786. The number of fused-ring (bicyclic) bond motifs is 1. The maximum atomic E-state index is 15.2. The molecule has 1 fully saturated rings. The van der Waals surface area contributed by atoms with Gasteiger partial charge in [0.15, 0.2) is 11.8 Å². The third kappa shape index (κ3) is 2.89. The van der Waals surface area contributed by atoms with Crippen LogP contribution in [0.3, 0.4) is 0 Å². The second-order valence-electron chi connectivity index (χ2n) is 6.75. The van der Waals surface area contributed by atoms with E-state index in [2.05, 4.69) is 10.3 Å². The van der Waals surface area contributed by atoms with Crippen LogP contribution in [0.1, 0.15) is 27.9 Å². The molecule has 2 aliphatic rings. The van der Waals surface area contributed by atoms with Crippen molar-refractivity contribution in [3.63, 3.8) is 0 Å². The maximum absolute atomic E-state index is 15.2. The molecule has 3 N–H and O–H groups in total. The number of benzene rings is 2. The van der Waals surface area contributed by atoms with Gasteiger partial charge in [-0.25, -0.2) is 9.38 Å².